The van der Waals surface area contributed by atoms with Crippen LogP contribution in [0, 0.1) is 6.92 Å². The highest BCUT2D eigenvalue weighted by molar-refractivity contribution is 5.55. The van der Waals surface area contributed by atoms with Crippen LogP contribution in [-0.2, 0) is 6.54 Å². The van der Waals surface area contributed by atoms with E-state index in [1.807, 2.05) is 0 Å². The minimum Gasteiger partial charge on any atom is -0.369 e. The highest BCUT2D eigenvalue weighted by Gasteiger charge is 2.23. The van der Waals surface area contributed by atoms with Gasteiger partial charge < -0.3 is 10.2 Å². The van der Waals surface area contributed by atoms with E-state index in [0.717, 1.165) is 19.0 Å². The van der Waals surface area contributed by atoms with Gasteiger partial charge in [-0.25, -0.2) is 0 Å². The molecule has 1 aromatic carbocycles. The largest absolute Gasteiger partial charge is 0.369 e. The van der Waals surface area contributed by atoms with Crippen molar-refractivity contribution < 1.29 is 0 Å². The summed E-state index contributed by atoms with van der Waals surface area (Å²) in [6.07, 6.45) is 3.85. The van der Waals surface area contributed by atoms with Crippen molar-refractivity contribution in [1.82, 2.24) is 5.32 Å². The number of hydrogen-bond donors (Lipinski definition) is 1. The molecule has 0 saturated heterocycles. The number of anilines is 1. The summed E-state index contributed by atoms with van der Waals surface area (Å²) in [6.45, 7) is 10.1. The normalized spacial score (nSPS) is 15.6. The number of benzene rings is 1. The molecule has 0 aromatic heterocycles. The van der Waals surface area contributed by atoms with E-state index < -0.39 is 0 Å². The fourth-order valence-corrected chi connectivity index (χ4v) is 2.32. The molecular weight excluding hydrogens is 232 g/mol. The quantitative estimate of drug-likeness (QED) is 0.835. The highest BCUT2D eigenvalue weighted by atomic mass is 15.2. The second kappa shape index (κ2) is 5.54. The van der Waals surface area contributed by atoms with Crippen molar-refractivity contribution in [2.24, 2.45) is 0 Å². The Hall–Kier alpha value is -1.02. The molecule has 0 heterocycles. The molecule has 0 bridgehead atoms. The van der Waals surface area contributed by atoms with Crippen LogP contribution in [0.1, 0.15) is 51.2 Å². The molecule has 106 valence electrons. The average molecular weight is 260 g/mol. The molecule has 0 atom stereocenters. The second-order valence-corrected chi connectivity index (χ2v) is 6.50. The smallest absolute Gasteiger partial charge is 0.0397 e. The molecule has 2 rings (SSSR count). The molecule has 1 aliphatic carbocycles. The predicted octanol–water partition coefficient (Wildman–Crippen LogP) is 3.87. The number of hydrogen-bond acceptors (Lipinski definition) is 2. The average Bonchev–Trinajstić information content (AvgIpc) is 3.19. The van der Waals surface area contributed by atoms with Crippen LogP contribution in [0.3, 0.4) is 0 Å². The molecule has 1 N–H and O–H groups in total. The Morgan fingerprint density at radius 1 is 1.32 bits per heavy atom. The highest BCUT2D eigenvalue weighted by Crippen LogP contribution is 2.28. The summed E-state index contributed by atoms with van der Waals surface area (Å²) in [4.78, 5) is 2.40. The summed E-state index contributed by atoms with van der Waals surface area (Å²) in [7, 11) is 2.20. The zero-order valence-electron chi connectivity index (χ0n) is 13.1. The maximum Gasteiger partial charge on any atom is 0.0397 e. The lowest BCUT2D eigenvalue weighted by atomic mass is 9.97. The van der Waals surface area contributed by atoms with Gasteiger partial charge >= 0.3 is 0 Å². The van der Waals surface area contributed by atoms with Crippen molar-refractivity contribution in [2.75, 3.05) is 11.9 Å². The first-order valence-electron chi connectivity index (χ1n) is 7.51. The van der Waals surface area contributed by atoms with E-state index in [1.54, 1.807) is 0 Å². The Bertz CT molecular complexity index is 433. The molecule has 1 aromatic rings. The molecule has 0 radical (unpaired) electrons. The van der Waals surface area contributed by atoms with E-state index in [9.17, 15) is 0 Å². The van der Waals surface area contributed by atoms with E-state index >= 15 is 0 Å². The van der Waals surface area contributed by atoms with Crippen LogP contribution in [-0.4, -0.2) is 18.6 Å². The lowest BCUT2D eigenvalue weighted by Gasteiger charge is -2.37. The zero-order chi connectivity index (χ0) is 14.0. The molecule has 1 aliphatic rings. The number of rotatable bonds is 6. The molecule has 2 nitrogen and oxygen atoms in total. The van der Waals surface area contributed by atoms with E-state index in [4.69, 9.17) is 0 Å². The first-order valence-corrected chi connectivity index (χ1v) is 7.51. The van der Waals surface area contributed by atoms with Crippen LogP contribution in [0.5, 0.6) is 0 Å². The Kier molecular flexibility index (Phi) is 4.19. The third kappa shape index (κ3) is 3.50. The van der Waals surface area contributed by atoms with Gasteiger partial charge in [-0.1, -0.05) is 19.1 Å². The minimum absolute atomic E-state index is 0.207. The van der Waals surface area contributed by atoms with Crippen molar-refractivity contribution in [1.29, 1.82) is 0 Å². The minimum atomic E-state index is 0.207. The van der Waals surface area contributed by atoms with Crippen molar-refractivity contribution >= 4 is 5.69 Å². The Balaban J connectivity index is 2.09. The van der Waals surface area contributed by atoms with E-state index in [1.165, 1.54) is 29.7 Å². The molecule has 0 spiro atoms. The molecule has 0 aliphatic heterocycles. The molecule has 1 fully saturated rings. The predicted molar refractivity (Wildman–Crippen MR) is 83.8 cm³/mol. The van der Waals surface area contributed by atoms with Gasteiger partial charge in [0.15, 0.2) is 0 Å². The van der Waals surface area contributed by atoms with Gasteiger partial charge in [0.25, 0.3) is 0 Å². The topological polar surface area (TPSA) is 15.3 Å². The van der Waals surface area contributed by atoms with Crippen molar-refractivity contribution in [3.63, 3.8) is 0 Å². The van der Waals surface area contributed by atoms with Gasteiger partial charge in [0, 0.05) is 30.9 Å². The molecule has 1 saturated carbocycles. The summed E-state index contributed by atoms with van der Waals surface area (Å²) < 4.78 is 0. The van der Waals surface area contributed by atoms with Crippen LogP contribution in [0.15, 0.2) is 18.2 Å². The molecule has 0 amide bonds. The van der Waals surface area contributed by atoms with Crippen LogP contribution < -0.4 is 10.2 Å². The molecule has 2 heteroatoms. The van der Waals surface area contributed by atoms with E-state index in [2.05, 4.69) is 63.2 Å². The second-order valence-electron chi connectivity index (χ2n) is 6.50. The van der Waals surface area contributed by atoms with Crippen molar-refractivity contribution in [2.45, 2.75) is 65.1 Å². The third-order valence-electron chi connectivity index (χ3n) is 4.57. The molecule has 0 unspecified atom stereocenters. The van der Waals surface area contributed by atoms with Crippen LogP contribution in [0.2, 0.25) is 0 Å². The first kappa shape index (κ1) is 14.4. The molecule has 19 heavy (non-hydrogen) atoms. The van der Waals surface area contributed by atoms with Crippen LogP contribution in [0.25, 0.3) is 0 Å². The summed E-state index contributed by atoms with van der Waals surface area (Å²) in [5, 5.41) is 3.58. The Labute approximate surface area is 118 Å². The maximum absolute atomic E-state index is 3.58. The maximum atomic E-state index is 3.58. The monoisotopic (exact) mass is 260 g/mol. The summed E-state index contributed by atoms with van der Waals surface area (Å²) in [6, 6.07) is 7.64. The fraction of sp³-hybridized carbons (Fsp3) is 0.647. The summed E-state index contributed by atoms with van der Waals surface area (Å²) in [5.41, 5.74) is 4.33. The van der Waals surface area contributed by atoms with Crippen LogP contribution >= 0.6 is 0 Å². The van der Waals surface area contributed by atoms with Gasteiger partial charge in [-0.2, -0.15) is 0 Å². The number of aryl methyl sites for hydroxylation is 1. The Morgan fingerprint density at radius 2 is 2.00 bits per heavy atom. The Morgan fingerprint density at radius 3 is 2.53 bits per heavy atom. The van der Waals surface area contributed by atoms with Gasteiger partial charge in [-0.3, -0.25) is 0 Å². The number of nitrogens with one attached hydrogen (secondary N) is 1. The van der Waals surface area contributed by atoms with Gasteiger partial charge in [-0.05, 0) is 57.2 Å². The van der Waals surface area contributed by atoms with Crippen LogP contribution in [0.4, 0.5) is 5.69 Å². The van der Waals surface area contributed by atoms with Gasteiger partial charge in [-0.15, -0.1) is 0 Å². The lowest BCUT2D eigenvalue weighted by Crippen LogP contribution is -2.40. The summed E-state index contributed by atoms with van der Waals surface area (Å²) in [5.74, 6) is 0. The SMILES string of the molecule is CCC(C)(C)N(C)c1ccc(CNC2CC2)cc1C. The fourth-order valence-electron chi connectivity index (χ4n) is 2.32. The van der Waals surface area contributed by atoms with Crippen molar-refractivity contribution in [3.05, 3.63) is 29.3 Å². The summed E-state index contributed by atoms with van der Waals surface area (Å²) >= 11 is 0. The van der Waals surface area contributed by atoms with E-state index in [0.29, 0.717) is 0 Å². The van der Waals surface area contributed by atoms with Gasteiger partial charge in [0.05, 0.1) is 0 Å². The van der Waals surface area contributed by atoms with Gasteiger partial charge in [0.2, 0.25) is 0 Å². The lowest BCUT2D eigenvalue weighted by molar-refractivity contribution is 0.470. The standard InChI is InChI=1S/C17H28N2/c1-6-17(3,4)19(5)16-10-7-14(11-13(16)2)12-18-15-8-9-15/h7,10-11,15,18H,6,8-9,12H2,1-5H3. The van der Waals surface area contributed by atoms with E-state index in [-0.39, 0.29) is 5.54 Å². The molecular formula is C17H28N2. The first-order chi connectivity index (χ1) is 8.94. The van der Waals surface area contributed by atoms with Gasteiger partial charge in [0.1, 0.15) is 0 Å². The van der Waals surface area contributed by atoms with Crippen molar-refractivity contribution in [3.8, 4) is 0 Å². The zero-order valence-corrected chi connectivity index (χ0v) is 13.1. The number of nitrogens with zero attached hydrogens (tertiary/aromatic N) is 1. The third-order valence-corrected chi connectivity index (χ3v) is 4.57.